The van der Waals surface area contributed by atoms with Gasteiger partial charge in [0.25, 0.3) is 0 Å². The van der Waals surface area contributed by atoms with Crippen LogP contribution in [0.4, 0.5) is 4.39 Å². The lowest BCUT2D eigenvalue weighted by Gasteiger charge is -2.37. The van der Waals surface area contributed by atoms with Gasteiger partial charge < -0.3 is 10.0 Å². The number of carbonyl (C=O) groups excluding carboxylic acids is 1. The van der Waals surface area contributed by atoms with E-state index in [0.717, 1.165) is 0 Å². The van der Waals surface area contributed by atoms with E-state index in [0.29, 0.717) is 18.5 Å². The number of aliphatic carboxylic acids is 1. The molecule has 0 fully saturated rings. The molecule has 4 nitrogen and oxygen atoms in total. The zero-order valence-electron chi connectivity index (χ0n) is 12.0. The van der Waals surface area contributed by atoms with Crippen molar-refractivity contribution in [1.82, 2.24) is 4.90 Å². The minimum atomic E-state index is -1.33. The summed E-state index contributed by atoms with van der Waals surface area (Å²) >= 11 is 0. The number of hydrogen-bond acceptors (Lipinski definition) is 2. The highest BCUT2D eigenvalue weighted by molar-refractivity contribution is 5.86. The van der Waals surface area contributed by atoms with E-state index in [9.17, 15) is 19.1 Å². The molecule has 0 saturated heterocycles. The van der Waals surface area contributed by atoms with Crippen molar-refractivity contribution in [3.63, 3.8) is 0 Å². The van der Waals surface area contributed by atoms with Gasteiger partial charge in [0.1, 0.15) is 11.4 Å². The second-order valence-corrected chi connectivity index (χ2v) is 5.05. The van der Waals surface area contributed by atoms with Crippen molar-refractivity contribution in [2.75, 3.05) is 6.54 Å². The van der Waals surface area contributed by atoms with E-state index in [-0.39, 0.29) is 18.1 Å². The maximum Gasteiger partial charge on any atom is 0.329 e. The van der Waals surface area contributed by atoms with Gasteiger partial charge in [0.2, 0.25) is 5.91 Å². The third-order valence-corrected chi connectivity index (χ3v) is 3.35. The van der Waals surface area contributed by atoms with Gasteiger partial charge in [-0.2, -0.15) is 0 Å². The SMILES string of the molecule is CCCN(C(C)=O)C(C)(Cc1ccc(F)cc1)C(=O)O. The maximum absolute atomic E-state index is 12.9. The first-order valence-electron chi connectivity index (χ1n) is 6.57. The van der Waals surface area contributed by atoms with Crippen LogP contribution < -0.4 is 0 Å². The summed E-state index contributed by atoms with van der Waals surface area (Å²) in [7, 11) is 0. The smallest absolute Gasteiger partial charge is 0.329 e. The molecule has 1 aromatic rings. The highest BCUT2D eigenvalue weighted by Crippen LogP contribution is 2.22. The first-order valence-corrected chi connectivity index (χ1v) is 6.57. The van der Waals surface area contributed by atoms with E-state index < -0.39 is 11.5 Å². The van der Waals surface area contributed by atoms with E-state index in [1.165, 1.54) is 30.9 Å². The molecule has 1 atom stereocenters. The third-order valence-electron chi connectivity index (χ3n) is 3.35. The number of carboxylic acids is 1. The average Bonchev–Trinajstić information content (AvgIpc) is 2.38. The summed E-state index contributed by atoms with van der Waals surface area (Å²) < 4.78 is 12.9. The third kappa shape index (κ3) is 3.56. The van der Waals surface area contributed by atoms with Crippen molar-refractivity contribution in [3.05, 3.63) is 35.6 Å². The van der Waals surface area contributed by atoms with Crippen LogP contribution in [0.2, 0.25) is 0 Å². The fraction of sp³-hybridized carbons (Fsp3) is 0.467. The fourth-order valence-corrected chi connectivity index (χ4v) is 2.26. The van der Waals surface area contributed by atoms with Gasteiger partial charge in [0.15, 0.2) is 0 Å². The summed E-state index contributed by atoms with van der Waals surface area (Å²) in [5, 5.41) is 9.53. The van der Waals surface area contributed by atoms with Gasteiger partial charge in [-0.1, -0.05) is 19.1 Å². The first-order chi connectivity index (χ1) is 9.31. The number of amides is 1. The molecule has 110 valence electrons. The fourth-order valence-electron chi connectivity index (χ4n) is 2.26. The lowest BCUT2D eigenvalue weighted by atomic mass is 9.90. The van der Waals surface area contributed by atoms with Crippen molar-refractivity contribution in [2.45, 2.75) is 39.2 Å². The number of carbonyl (C=O) groups is 2. The van der Waals surface area contributed by atoms with Crippen molar-refractivity contribution in [2.24, 2.45) is 0 Å². The monoisotopic (exact) mass is 281 g/mol. The van der Waals surface area contributed by atoms with E-state index in [2.05, 4.69) is 0 Å². The Hall–Kier alpha value is -1.91. The zero-order valence-corrected chi connectivity index (χ0v) is 12.0. The Balaban J connectivity index is 3.10. The van der Waals surface area contributed by atoms with Crippen molar-refractivity contribution < 1.29 is 19.1 Å². The Morgan fingerprint density at radius 1 is 1.30 bits per heavy atom. The van der Waals surface area contributed by atoms with Crippen LogP contribution in [0.15, 0.2) is 24.3 Å². The molecule has 0 radical (unpaired) electrons. The molecule has 1 aromatic carbocycles. The minimum Gasteiger partial charge on any atom is -0.479 e. The second kappa shape index (κ2) is 6.50. The van der Waals surface area contributed by atoms with Gasteiger partial charge in [-0.25, -0.2) is 9.18 Å². The Bertz CT molecular complexity index is 486. The van der Waals surface area contributed by atoms with E-state index in [1.807, 2.05) is 6.92 Å². The average molecular weight is 281 g/mol. The molecule has 1 N–H and O–H groups in total. The van der Waals surface area contributed by atoms with E-state index in [4.69, 9.17) is 0 Å². The number of hydrogen-bond donors (Lipinski definition) is 1. The molecule has 0 aromatic heterocycles. The molecule has 0 spiro atoms. The quantitative estimate of drug-likeness (QED) is 0.871. The highest BCUT2D eigenvalue weighted by atomic mass is 19.1. The topological polar surface area (TPSA) is 57.6 Å². The van der Waals surface area contributed by atoms with Gasteiger partial charge in [-0.05, 0) is 31.0 Å². The van der Waals surface area contributed by atoms with Crippen LogP contribution in [0.5, 0.6) is 0 Å². The minimum absolute atomic E-state index is 0.141. The normalized spacial score (nSPS) is 13.6. The molecule has 0 saturated carbocycles. The molecule has 20 heavy (non-hydrogen) atoms. The number of carboxylic acid groups (broad SMARTS) is 1. The molecule has 0 aliphatic rings. The predicted molar refractivity (Wildman–Crippen MR) is 73.8 cm³/mol. The summed E-state index contributed by atoms with van der Waals surface area (Å²) in [5.74, 6) is -1.72. The lowest BCUT2D eigenvalue weighted by Crippen LogP contribution is -2.56. The largest absolute Gasteiger partial charge is 0.479 e. The summed E-state index contributed by atoms with van der Waals surface area (Å²) in [5.41, 5.74) is -0.654. The van der Waals surface area contributed by atoms with Crippen LogP contribution in [0.3, 0.4) is 0 Å². The summed E-state index contributed by atoms with van der Waals surface area (Å²) in [6.07, 6.45) is 0.814. The van der Waals surface area contributed by atoms with Crippen LogP contribution in [-0.2, 0) is 16.0 Å². The number of nitrogens with zero attached hydrogens (tertiary/aromatic N) is 1. The molecule has 0 bridgehead atoms. The summed E-state index contributed by atoms with van der Waals surface area (Å²) in [6, 6.07) is 5.66. The number of rotatable bonds is 6. The Kier molecular flexibility index (Phi) is 5.25. The molecule has 5 heteroatoms. The van der Waals surface area contributed by atoms with Gasteiger partial charge in [-0.3, -0.25) is 4.79 Å². The van der Waals surface area contributed by atoms with Crippen LogP contribution in [0.1, 0.15) is 32.8 Å². The first kappa shape index (κ1) is 16.1. The van der Waals surface area contributed by atoms with Crippen LogP contribution in [0.25, 0.3) is 0 Å². The summed E-state index contributed by atoms with van der Waals surface area (Å²) in [4.78, 5) is 24.7. The molecule has 1 unspecified atom stereocenters. The Labute approximate surface area is 118 Å². The molecule has 0 aliphatic carbocycles. The van der Waals surface area contributed by atoms with E-state index >= 15 is 0 Å². The van der Waals surface area contributed by atoms with Crippen LogP contribution in [-0.4, -0.2) is 34.0 Å². The summed E-state index contributed by atoms with van der Waals surface area (Å²) in [6.45, 7) is 5.15. The van der Waals surface area contributed by atoms with Gasteiger partial charge in [0, 0.05) is 19.9 Å². The highest BCUT2D eigenvalue weighted by Gasteiger charge is 2.40. The van der Waals surface area contributed by atoms with Crippen molar-refractivity contribution in [1.29, 1.82) is 0 Å². The molecule has 0 heterocycles. The van der Waals surface area contributed by atoms with Crippen LogP contribution >= 0.6 is 0 Å². The van der Waals surface area contributed by atoms with E-state index in [1.54, 1.807) is 12.1 Å². The molecule has 1 rings (SSSR count). The molecular weight excluding hydrogens is 261 g/mol. The van der Waals surface area contributed by atoms with Gasteiger partial charge >= 0.3 is 5.97 Å². The lowest BCUT2D eigenvalue weighted by molar-refractivity contribution is -0.157. The maximum atomic E-state index is 12.9. The van der Waals surface area contributed by atoms with Crippen LogP contribution in [0, 0.1) is 5.82 Å². The van der Waals surface area contributed by atoms with Gasteiger partial charge in [0.05, 0.1) is 0 Å². The number of benzene rings is 1. The van der Waals surface area contributed by atoms with Crippen molar-refractivity contribution >= 4 is 11.9 Å². The Morgan fingerprint density at radius 3 is 2.25 bits per heavy atom. The standard InChI is InChI=1S/C15H20FNO3/c1-4-9-17(11(2)18)15(3,14(19)20)10-12-5-7-13(16)8-6-12/h5-8H,4,9-10H2,1-3H3,(H,19,20). The second-order valence-electron chi connectivity index (χ2n) is 5.05. The zero-order chi connectivity index (χ0) is 15.3. The molecule has 1 amide bonds. The predicted octanol–water partition coefficient (Wildman–Crippen LogP) is 2.47. The van der Waals surface area contributed by atoms with Crippen molar-refractivity contribution in [3.8, 4) is 0 Å². The molecular formula is C15H20FNO3. The molecule has 0 aliphatic heterocycles. The Morgan fingerprint density at radius 2 is 1.85 bits per heavy atom. The number of halogens is 1. The van der Waals surface area contributed by atoms with Gasteiger partial charge in [-0.15, -0.1) is 0 Å².